The number of likely N-dealkylation sites (N-methyl/N-ethyl adjacent to an activating group) is 1. The zero-order chi connectivity index (χ0) is 37.9. The van der Waals surface area contributed by atoms with Gasteiger partial charge in [0.2, 0.25) is 0 Å². The number of rotatable bonds is 35. The van der Waals surface area contributed by atoms with Crippen molar-refractivity contribution in [2.45, 2.75) is 155 Å². The van der Waals surface area contributed by atoms with Gasteiger partial charge in [-0.3, -0.25) is 18.6 Å². The van der Waals surface area contributed by atoms with Gasteiger partial charge in [0.05, 0.1) is 27.7 Å². The van der Waals surface area contributed by atoms with E-state index in [0.29, 0.717) is 23.9 Å². The van der Waals surface area contributed by atoms with E-state index in [-0.39, 0.29) is 26.1 Å². The van der Waals surface area contributed by atoms with Crippen LogP contribution in [0.4, 0.5) is 0 Å². The van der Waals surface area contributed by atoms with Crippen molar-refractivity contribution in [2.24, 2.45) is 0 Å². The molecule has 0 aliphatic rings. The van der Waals surface area contributed by atoms with E-state index in [1.165, 1.54) is 64.2 Å². The Morgan fingerprint density at radius 3 is 1.63 bits per heavy atom. The Morgan fingerprint density at radius 2 is 1.08 bits per heavy atom. The van der Waals surface area contributed by atoms with Crippen molar-refractivity contribution in [1.29, 1.82) is 0 Å². The summed E-state index contributed by atoms with van der Waals surface area (Å²) in [6.07, 6.45) is 37.4. The molecule has 0 bridgehead atoms. The molecule has 0 radical (unpaired) electrons. The van der Waals surface area contributed by atoms with Crippen LogP contribution in [0.5, 0.6) is 0 Å². The van der Waals surface area contributed by atoms with E-state index in [1.54, 1.807) is 0 Å². The minimum Gasteiger partial charge on any atom is -0.462 e. The van der Waals surface area contributed by atoms with Crippen LogP contribution < -0.4 is 0 Å². The maximum atomic E-state index is 12.6. The largest absolute Gasteiger partial charge is 0.472 e. The van der Waals surface area contributed by atoms with Crippen LogP contribution in [0.1, 0.15) is 149 Å². The average Bonchev–Trinajstić information content (AvgIpc) is 3.07. The molecule has 296 valence electrons. The van der Waals surface area contributed by atoms with Crippen LogP contribution in [-0.2, 0) is 32.7 Å². The van der Waals surface area contributed by atoms with Crippen LogP contribution in [0, 0.1) is 0 Å². The Labute approximate surface area is 312 Å². The summed E-state index contributed by atoms with van der Waals surface area (Å²) in [7, 11) is 1.44. The molecule has 0 saturated carbocycles. The van der Waals surface area contributed by atoms with Crippen LogP contribution >= 0.6 is 7.82 Å². The van der Waals surface area contributed by atoms with Crippen LogP contribution in [0.3, 0.4) is 0 Å². The maximum Gasteiger partial charge on any atom is 0.472 e. The fourth-order valence-corrected chi connectivity index (χ4v) is 5.69. The van der Waals surface area contributed by atoms with Gasteiger partial charge in [0.25, 0.3) is 0 Å². The predicted molar refractivity (Wildman–Crippen MR) is 210 cm³/mol. The van der Waals surface area contributed by atoms with E-state index >= 15 is 0 Å². The molecule has 0 rings (SSSR count). The number of unbranched alkanes of at least 4 members (excludes halogenated alkanes) is 13. The molecule has 0 aliphatic heterocycles. The van der Waals surface area contributed by atoms with Crippen LogP contribution in [0.15, 0.2) is 48.6 Å². The molecule has 0 aliphatic carbocycles. The Bertz CT molecular complexity index is 1020. The standard InChI is InChI=1S/C41H74NO8P/c1-6-8-10-12-14-16-18-19-20-21-22-23-24-26-27-29-31-33-40(43)47-37-39(38-49-51(45,46)48-36-35-42(3,4)5)50-41(44)34-32-30-28-25-17-15-13-11-9-7-2/h14,16,19-20,22-23,26-27,39H,6-13,15,17-18,21,24-25,28-38H2,1-5H3/p+1/b16-14+,20-19+,23-22+,27-26+/t39-/m0/s1. The number of phosphoric ester groups is 1. The summed E-state index contributed by atoms with van der Waals surface area (Å²) in [5.41, 5.74) is 0. The number of allylic oxidation sites excluding steroid dienone is 8. The third-order valence-corrected chi connectivity index (χ3v) is 9.10. The predicted octanol–water partition coefficient (Wildman–Crippen LogP) is 10.7. The third-order valence-electron chi connectivity index (χ3n) is 8.11. The van der Waals surface area contributed by atoms with Crippen LogP contribution in [-0.4, -0.2) is 74.9 Å². The number of nitrogens with zero attached hydrogens (tertiary/aromatic N) is 1. The Balaban J connectivity index is 4.49. The maximum absolute atomic E-state index is 12.6. The number of phosphoric acid groups is 1. The van der Waals surface area contributed by atoms with Crippen LogP contribution in [0.25, 0.3) is 0 Å². The van der Waals surface area contributed by atoms with E-state index in [9.17, 15) is 19.0 Å². The van der Waals surface area contributed by atoms with Crippen molar-refractivity contribution in [1.82, 2.24) is 0 Å². The summed E-state index contributed by atoms with van der Waals surface area (Å²) in [5.74, 6) is -0.869. The lowest BCUT2D eigenvalue weighted by atomic mass is 10.1. The summed E-state index contributed by atoms with van der Waals surface area (Å²) >= 11 is 0. The second-order valence-corrected chi connectivity index (χ2v) is 15.8. The zero-order valence-corrected chi connectivity index (χ0v) is 34.0. The summed E-state index contributed by atoms with van der Waals surface area (Å²) in [5, 5.41) is 0. The average molecular weight is 741 g/mol. The number of ether oxygens (including phenoxy) is 2. The van der Waals surface area contributed by atoms with Gasteiger partial charge in [0.1, 0.15) is 19.8 Å². The number of hydrogen-bond donors (Lipinski definition) is 1. The first-order chi connectivity index (χ1) is 24.5. The van der Waals surface area contributed by atoms with Crippen molar-refractivity contribution in [3.8, 4) is 0 Å². The molecule has 9 nitrogen and oxygen atoms in total. The first-order valence-corrected chi connectivity index (χ1v) is 21.4. The first kappa shape index (κ1) is 49.0. The molecule has 0 heterocycles. The van der Waals surface area contributed by atoms with Crippen molar-refractivity contribution in [3.63, 3.8) is 0 Å². The highest BCUT2D eigenvalue weighted by atomic mass is 31.2. The Morgan fingerprint density at radius 1 is 0.608 bits per heavy atom. The smallest absolute Gasteiger partial charge is 0.462 e. The van der Waals surface area contributed by atoms with E-state index < -0.39 is 32.5 Å². The Hall–Kier alpha value is -2.03. The van der Waals surface area contributed by atoms with Crippen LogP contribution in [0.2, 0.25) is 0 Å². The van der Waals surface area contributed by atoms with Crippen molar-refractivity contribution in [3.05, 3.63) is 48.6 Å². The number of carbonyl (C=O) groups is 2. The molecule has 0 saturated heterocycles. The SMILES string of the molecule is CCCCC/C=C/C/C=C/C/C=C/C/C=C/CCCC(=O)OC[C@@H](COP(=O)(O)OCC[N+](C)(C)C)OC(=O)CCCCCCCCCCCC. The zero-order valence-electron chi connectivity index (χ0n) is 33.1. The van der Waals surface area contributed by atoms with Gasteiger partial charge < -0.3 is 18.9 Å². The Kier molecular flexibility index (Phi) is 32.4. The molecule has 2 atom stereocenters. The second kappa shape index (κ2) is 33.8. The molecule has 0 aromatic carbocycles. The van der Waals surface area contributed by atoms with E-state index in [4.69, 9.17) is 18.5 Å². The fourth-order valence-electron chi connectivity index (χ4n) is 4.95. The van der Waals surface area contributed by atoms with Gasteiger partial charge in [-0.05, 0) is 51.4 Å². The molecule has 51 heavy (non-hydrogen) atoms. The van der Waals surface area contributed by atoms with Crippen molar-refractivity contribution >= 4 is 19.8 Å². The molecule has 0 fully saturated rings. The highest BCUT2D eigenvalue weighted by molar-refractivity contribution is 7.47. The summed E-state index contributed by atoms with van der Waals surface area (Å²) in [6, 6.07) is 0. The van der Waals surface area contributed by atoms with E-state index in [1.807, 2.05) is 21.1 Å². The lowest BCUT2D eigenvalue weighted by Gasteiger charge is -2.24. The van der Waals surface area contributed by atoms with Gasteiger partial charge in [-0.25, -0.2) is 4.57 Å². The van der Waals surface area contributed by atoms with Gasteiger partial charge in [-0.2, -0.15) is 0 Å². The molecule has 0 amide bonds. The number of carbonyl (C=O) groups excluding carboxylic acids is 2. The molecule has 0 spiro atoms. The summed E-state index contributed by atoms with van der Waals surface area (Å²) in [6.45, 7) is 4.29. The lowest BCUT2D eigenvalue weighted by molar-refractivity contribution is -0.870. The van der Waals surface area contributed by atoms with Gasteiger partial charge in [0.15, 0.2) is 6.10 Å². The highest BCUT2D eigenvalue weighted by Gasteiger charge is 2.27. The fraction of sp³-hybridized carbons (Fsp3) is 0.756. The van der Waals surface area contributed by atoms with Gasteiger partial charge in [-0.15, -0.1) is 0 Å². The van der Waals surface area contributed by atoms with Gasteiger partial charge >= 0.3 is 19.8 Å². The van der Waals surface area contributed by atoms with E-state index in [0.717, 1.165) is 44.9 Å². The molecule has 10 heteroatoms. The van der Waals surface area contributed by atoms with Gasteiger partial charge in [-0.1, -0.05) is 133 Å². The highest BCUT2D eigenvalue weighted by Crippen LogP contribution is 2.43. The quantitative estimate of drug-likeness (QED) is 0.0225. The second-order valence-electron chi connectivity index (χ2n) is 14.3. The van der Waals surface area contributed by atoms with E-state index in [2.05, 4.69) is 62.5 Å². The van der Waals surface area contributed by atoms with Crippen molar-refractivity contribution in [2.75, 3.05) is 47.5 Å². The first-order valence-electron chi connectivity index (χ1n) is 19.9. The van der Waals surface area contributed by atoms with Crippen molar-refractivity contribution < 1.29 is 42.1 Å². The minimum absolute atomic E-state index is 0.0227. The molecule has 0 aromatic heterocycles. The topological polar surface area (TPSA) is 108 Å². The number of esters is 2. The van der Waals surface area contributed by atoms with Gasteiger partial charge in [0, 0.05) is 12.8 Å². The summed E-state index contributed by atoms with van der Waals surface area (Å²) < 4.78 is 34.1. The monoisotopic (exact) mass is 741 g/mol. The molecule has 1 N–H and O–H groups in total. The normalized spacial score (nSPS) is 14.2. The minimum atomic E-state index is -4.38. The number of hydrogen-bond acceptors (Lipinski definition) is 7. The number of quaternary nitrogens is 1. The molecule has 0 aromatic rings. The summed E-state index contributed by atoms with van der Waals surface area (Å²) in [4.78, 5) is 35.1. The third kappa shape index (κ3) is 37.5. The molecular weight excluding hydrogens is 665 g/mol. The lowest BCUT2D eigenvalue weighted by Crippen LogP contribution is -2.37. The molecule has 1 unspecified atom stereocenters. The molecular formula is C41H75NO8P+.